The summed E-state index contributed by atoms with van der Waals surface area (Å²) in [7, 11) is 1.71. The SMILES string of the molecule is Cc1nn(C)c(Cl)c1C=CC(=O)N(CC(=O)O)C(C)(C)C. The number of amides is 1. The molecule has 7 heteroatoms. The second-order valence-corrected chi connectivity index (χ2v) is 6.09. The van der Waals surface area contributed by atoms with Gasteiger partial charge in [-0.1, -0.05) is 11.6 Å². The Bertz CT molecular complexity index is 585. The van der Waals surface area contributed by atoms with Gasteiger partial charge >= 0.3 is 5.97 Å². The number of hydrogen-bond donors (Lipinski definition) is 1. The van der Waals surface area contributed by atoms with Crippen molar-refractivity contribution in [3.05, 3.63) is 22.5 Å². The number of halogens is 1. The third-order valence-corrected chi connectivity index (χ3v) is 3.41. The molecule has 1 amide bonds. The molecule has 0 aliphatic rings. The van der Waals surface area contributed by atoms with Gasteiger partial charge in [-0.3, -0.25) is 14.3 Å². The van der Waals surface area contributed by atoms with Crippen LogP contribution >= 0.6 is 11.6 Å². The highest BCUT2D eigenvalue weighted by Gasteiger charge is 2.27. The Kier molecular flexibility index (Phi) is 5.17. The summed E-state index contributed by atoms with van der Waals surface area (Å²) >= 11 is 6.08. The Hall–Kier alpha value is -1.82. The van der Waals surface area contributed by atoms with Crippen LogP contribution in [-0.4, -0.2) is 43.7 Å². The van der Waals surface area contributed by atoms with E-state index in [2.05, 4.69) is 5.10 Å². The number of aliphatic carboxylic acids is 1. The van der Waals surface area contributed by atoms with E-state index in [4.69, 9.17) is 16.7 Å². The Morgan fingerprint density at radius 1 is 1.43 bits per heavy atom. The molecular weight excluding hydrogens is 294 g/mol. The molecule has 0 fully saturated rings. The van der Waals surface area contributed by atoms with Crippen molar-refractivity contribution >= 4 is 29.6 Å². The average Bonchev–Trinajstić information content (AvgIpc) is 2.56. The molecule has 0 aliphatic heterocycles. The number of nitrogens with zero attached hydrogens (tertiary/aromatic N) is 3. The zero-order valence-corrected chi connectivity index (χ0v) is 13.6. The molecule has 116 valence electrons. The van der Waals surface area contributed by atoms with Gasteiger partial charge in [-0.15, -0.1) is 0 Å². The van der Waals surface area contributed by atoms with Crippen LogP contribution in [-0.2, 0) is 16.6 Å². The molecule has 6 nitrogen and oxygen atoms in total. The van der Waals surface area contributed by atoms with Crippen LogP contribution in [0.25, 0.3) is 6.08 Å². The van der Waals surface area contributed by atoms with Gasteiger partial charge in [0.2, 0.25) is 5.91 Å². The van der Waals surface area contributed by atoms with Crippen LogP contribution in [0, 0.1) is 6.92 Å². The minimum Gasteiger partial charge on any atom is -0.480 e. The van der Waals surface area contributed by atoms with Crippen molar-refractivity contribution in [1.29, 1.82) is 0 Å². The third-order valence-electron chi connectivity index (χ3n) is 2.96. The molecule has 0 radical (unpaired) electrons. The lowest BCUT2D eigenvalue weighted by Crippen LogP contribution is -2.47. The molecule has 1 rings (SSSR count). The minimum atomic E-state index is -1.05. The summed E-state index contributed by atoms with van der Waals surface area (Å²) in [6, 6.07) is 0. The number of rotatable bonds is 4. The second-order valence-electron chi connectivity index (χ2n) is 5.74. The van der Waals surface area contributed by atoms with E-state index in [-0.39, 0.29) is 12.5 Å². The van der Waals surface area contributed by atoms with Gasteiger partial charge < -0.3 is 10.0 Å². The molecule has 1 N–H and O–H groups in total. The number of aromatic nitrogens is 2. The molecule has 0 aromatic carbocycles. The standard InChI is InChI=1S/C14H20ClN3O3/c1-9-10(13(15)17(5)16-9)6-7-11(19)18(8-12(20)21)14(2,3)4/h6-7H,8H2,1-5H3,(H,20,21). The summed E-state index contributed by atoms with van der Waals surface area (Å²) in [4.78, 5) is 24.4. The molecule has 21 heavy (non-hydrogen) atoms. The van der Waals surface area contributed by atoms with E-state index in [1.807, 2.05) is 0 Å². The molecule has 1 aromatic rings. The Balaban J connectivity index is 3.01. The Morgan fingerprint density at radius 2 is 2.00 bits per heavy atom. The molecule has 1 aromatic heterocycles. The fourth-order valence-corrected chi connectivity index (χ4v) is 2.10. The smallest absolute Gasteiger partial charge is 0.323 e. The number of hydrogen-bond acceptors (Lipinski definition) is 3. The summed E-state index contributed by atoms with van der Waals surface area (Å²) in [5.74, 6) is -1.44. The van der Waals surface area contributed by atoms with Gasteiger partial charge in [0.05, 0.1) is 5.69 Å². The maximum Gasteiger partial charge on any atom is 0.323 e. The molecule has 0 saturated heterocycles. The second kappa shape index (κ2) is 6.30. The molecular formula is C14H20ClN3O3. The van der Waals surface area contributed by atoms with E-state index < -0.39 is 11.5 Å². The van der Waals surface area contributed by atoms with Crippen LogP contribution in [0.15, 0.2) is 6.08 Å². The van der Waals surface area contributed by atoms with E-state index in [9.17, 15) is 9.59 Å². The van der Waals surface area contributed by atoms with Crippen LogP contribution in [0.5, 0.6) is 0 Å². The molecule has 0 atom stereocenters. The summed E-state index contributed by atoms with van der Waals surface area (Å²) < 4.78 is 1.51. The fraction of sp³-hybridized carbons (Fsp3) is 0.500. The third kappa shape index (κ3) is 4.32. The number of carbonyl (C=O) groups is 2. The van der Waals surface area contributed by atoms with Crippen LogP contribution in [0.4, 0.5) is 0 Å². The normalized spacial score (nSPS) is 11.9. The quantitative estimate of drug-likeness (QED) is 0.864. The molecule has 0 unspecified atom stereocenters. The number of carboxylic acids is 1. The van der Waals surface area contributed by atoms with Gasteiger partial charge in [-0.05, 0) is 33.8 Å². The zero-order valence-electron chi connectivity index (χ0n) is 12.8. The zero-order chi connectivity index (χ0) is 16.4. The lowest BCUT2D eigenvalue weighted by atomic mass is 10.1. The van der Waals surface area contributed by atoms with Crippen molar-refractivity contribution in [3.63, 3.8) is 0 Å². The van der Waals surface area contributed by atoms with Gasteiger partial charge in [-0.2, -0.15) is 5.10 Å². The fourth-order valence-electron chi connectivity index (χ4n) is 1.86. The predicted molar refractivity (Wildman–Crippen MR) is 81.1 cm³/mol. The Morgan fingerprint density at radius 3 is 2.38 bits per heavy atom. The summed E-state index contributed by atoms with van der Waals surface area (Å²) in [6.07, 6.45) is 2.89. The van der Waals surface area contributed by atoms with Crippen molar-refractivity contribution in [3.8, 4) is 0 Å². The predicted octanol–water partition coefficient (Wildman–Crippen LogP) is 2.11. The maximum atomic E-state index is 12.2. The minimum absolute atomic E-state index is 0.355. The van der Waals surface area contributed by atoms with Gasteiger partial charge in [0.25, 0.3) is 0 Å². The van der Waals surface area contributed by atoms with Crippen molar-refractivity contribution < 1.29 is 14.7 Å². The van der Waals surface area contributed by atoms with Crippen LogP contribution in [0.3, 0.4) is 0 Å². The highest BCUT2D eigenvalue weighted by Crippen LogP contribution is 2.21. The average molecular weight is 314 g/mol. The van der Waals surface area contributed by atoms with Crippen molar-refractivity contribution in [1.82, 2.24) is 14.7 Å². The summed E-state index contributed by atoms with van der Waals surface area (Å²) in [5.41, 5.74) is 0.761. The molecule has 0 aliphatic carbocycles. The van der Waals surface area contributed by atoms with Crippen LogP contribution in [0.2, 0.25) is 5.15 Å². The number of aryl methyl sites for hydroxylation is 2. The van der Waals surface area contributed by atoms with E-state index in [0.29, 0.717) is 16.4 Å². The first kappa shape index (κ1) is 17.2. The summed E-state index contributed by atoms with van der Waals surface area (Å²) in [6.45, 7) is 6.78. The van der Waals surface area contributed by atoms with Crippen molar-refractivity contribution in [2.75, 3.05) is 6.54 Å². The van der Waals surface area contributed by atoms with Gasteiger partial charge in [0.1, 0.15) is 11.7 Å². The first-order valence-corrected chi connectivity index (χ1v) is 6.82. The van der Waals surface area contributed by atoms with Crippen LogP contribution < -0.4 is 0 Å². The van der Waals surface area contributed by atoms with E-state index in [1.54, 1.807) is 40.8 Å². The topological polar surface area (TPSA) is 75.4 Å². The number of carbonyl (C=O) groups excluding carboxylic acids is 1. The molecule has 1 heterocycles. The van der Waals surface area contributed by atoms with Crippen molar-refractivity contribution in [2.24, 2.45) is 7.05 Å². The van der Waals surface area contributed by atoms with Gasteiger partial charge in [-0.25, -0.2) is 0 Å². The van der Waals surface area contributed by atoms with E-state index >= 15 is 0 Å². The summed E-state index contributed by atoms with van der Waals surface area (Å²) in [5, 5.41) is 13.5. The maximum absolute atomic E-state index is 12.2. The lowest BCUT2D eigenvalue weighted by Gasteiger charge is -2.33. The monoisotopic (exact) mass is 313 g/mol. The van der Waals surface area contributed by atoms with Crippen molar-refractivity contribution in [2.45, 2.75) is 33.2 Å². The highest BCUT2D eigenvalue weighted by atomic mass is 35.5. The van der Waals surface area contributed by atoms with Gasteiger partial charge in [0.15, 0.2) is 0 Å². The number of carboxylic acid groups (broad SMARTS) is 1. The van der Waals surface area contributed by atoms with Crippen LogP contribution in [0.1, 0.15) is 32.0 Å². The molecule has 0 saturated carbocycles. The van der Waals surface area contributed by atoms with Gasteiger partial charge in [0, 0.05) is 24.2 Å². The first-order chi connectivity index (χ1) is 9.54. The highest BCUT2D eigenvalue weighted by molar-refractivity contribution is 6.31. The molecule has 0 bridgehead atoms. The largest absolute Gasteiger partial charge is 0.480 e. The molecule has 0 spiro atoms. The first-order valence-electron chi connectivity index (χ1n) is 6.44. The van der Waals surface area contributed by atoms with E-state index in [0.717, 1.165) is 0 Å². The lowest BCUT2D eigenvalue weighted by molar-refractivity contribution is -0.145. The van der Waals surface area contributed by atoms with E-state index in [1.165, 1.54) is 15.7 Å². The Labute approximate surface area is 129 Å².